The van der Waals surface area contributed by atoms with Crippen molar-refractivity contribution in [3.63, 3.8) is 0 Å². The fraction of sp³-hybridized carbons (Fsp3) is 0.0323. The maximum absolute atomic E-state index is 12.7. The maximum atomic E-state index is 12.7. The van der Waals surface area contributed by atoms with Crippen molar-refractivity contribution in [1.29, 1.82) is 0 Å². The lowest BCUT2D eigenvalue weighted by molar-refractivity contribution is -0.383. The van der Waals surface area contributed by atoms with Crippen molar-refractivity contribution in [2.75, 3.05) is 7.11 Å². The predicted octanol–water partition coefficient (Wildman–Crippen LogP) is 8.27. The number of hydrogen-bond donors (Lipinski definition) is 0. The van der Waals surface area contributed by atoms with E-state index < -0.39 is 0 Å². The van der Waals surface area contributed by atoms with Gasteiger partial charge in [0.15, 0.2) is 0 Å². The minimum atomic E-state index is -0.255. The zero-order chi connectivity index (χ0) is 24.2. The molecule has 0 bridgehead atoms. The average molecular weight is 458 g/mol. The van der Waals surface area contributed by atoms with E-state index in [0.717, 1.165) is 39.1 Å². The molecule has 0 spiro atoms. The quantitative estimate of drug-likeness (QED) is 0.190. The molecule has 0 unspecified atom stereocenters. The van der Waals surface area contributed by atoms with Gasteiger partial charge in [0.25, 0.3) is 5.69 Å². The van der Waals surface area contributed by atoms with Gasteiger partial charge in [0.05, 0.1) is 23.2 Å². The second kappa shape index (κ2) is 9.65. The monoisotopic (exact) mass is 457 g/mol. The average Bonchev–Trinajstić information content (AvgIpc) is 2.93. The van der Waals surface area contributed by atoms with Crippen LogP contribution in [0.15, 0.2) is 121 Å². The van der Waals surface area contributed by atoms with E-state index in [2.05, 4.69) is 0 Å². The molecule has 0 aliphatic heterocycles. The van der Waals surface area contributed by atoms with E-state index in [1.165, 1.54) is 0 Å². The number of benzene rings is 5. The van der Waals surface area contributed by atoms with Crippen LogP contribution in [0.5, 0.6) is 5.75 Å². The zero-order valence-electron chi connectivity index (χ0n) is 19.2. The van der Waals surface area contributed by atoms with Crippen LogP contribution in [0.2, 0.25) is 0 Å². The fourth-order valence-electron chi connectivity index (χ4n) is 4.49. The van der Waals surface area contributed by atoms with Crippen LogP contribution >= 0.6 is 0 Å². The van der Waals surface area contributed by atoms with Crippen LogP contribution in [0.4, 0.5) is 5.69 Å². The smallest absolute Gasteiger partial charge is 0.285 e. The SMILES string of the molecule is COc1ccc(-c2cc(-c3ccccc3)c([N+](=O)[O-])c(-c3ccccc3)c2-c2ccccc2)cc1. The van der Waals surface area contributed by atoms with Gasteiger partial charge in [-0.15, -0.1) is 0 Å². The lowest BCUT2D eigenvalue weighted by Crippen LogP contribution is -2.01. The molecule has 4 nitrogen and oxygen atoms in total. The van der Waals surface area contributed by atoms with Gasteiger partial charge in [-0.1, -0.05) is 103 Å². The number of nitro benzene ring substituents is 1. The van der Waals surface area contributed by atoms with Crippen LogP contribution in [-0.2, 0) is 0 Å². The molecule has 0 fully saturated rings. The largest absolute Gasteiger partial charge is 0.497 e. The third kappa shape index (κ3) is 4.30. The Balaban J connectivity index is 1.96. The lowest BCUT2D eigenvalue weighted by Gasteiger charge is -2.19. The van der Waals surface area contributed by atoms with Gasteiger partial charge in [-0.05, 0) is 46.0 Å². The summed E-state index contributed by atoms with van der Waals surface area (Å²) in [6.07, 6.45) is 0. The minimum absolute atomic E-state index is 0.0958. The Morgan fingerprint density at radius 1 is 0.571 bits per heavy atom. The van der Waals surface area contributed by atoms with E-state index in [1.807, 2.05) is 121 Å². The highest BCUT2D eigenvalue weighted by Gasteiger charge is 2.29. The molecule has 0 saturated carbocycles. The van der Waals surface area contributed by atoms with E-state index in [4.69, 9.17) is 4.74 Å². The van der Waals surface area contributed by atoms with Crippen LogP contribution < -0.4 is 4.74 Å². The molecule has 0 heterocycles. The Labute approximate surface area is 204 Å². The van der Waals surface area contributed by atoms with Gasteiger partial charge in [-0.3, -0.25) is 10.1 Å². The molecule has 0 radical (unpaired) electrons. The van der Waals surface area contributed by atoms with Gasteiger partial charge in [-0.25, -0.2) is 0 Å². The molecule has 0 aliphatic rings. The fourth-order valence-corrected chi connectivity index (χ4v) is 4.49. The molecule has 4 heteroatoms. The standard InChI is InChI=1S/C31H23NO3/c1-35-26-19-17-23(18-20-26)27-21-28(22-11-5-2-6-12-22)31(32(33)34)30(25-15-9-4-10-16-25)29(27)24-13-7-3-8-14-24/h2-21H,1H3. The van der Waals surface area contributed by atoms with Crippen molar-refractivity contribution in [3.05, 3.63) is 131 Å². The first-order valence-electron chi connectivity index (χ1n) is 11.3. The highest BCUT2D eigenvalue weighted by atomic mass is 16.6. The van der Waals surface area contributed by atoms with Gasteiger partial charge in [0.2, 0.25) is 0 Å². The Morgan fingerprint density at radius 3 is 1.51 bits per heavy atom. The molecule has 35 heavy (non-hydrogen) atoms. The van der Waals surface area contributed by atoms with Gasteiger partial charge in [0, 0.05) is 5.56 Å². The summed E-state index contributed by atoms with van der Waals surface area (Å²) in [4.78, 5) is 12.4. The molecule has 0 saturated heterocycles. The van der Waals surface area contributed by atoms with Crippen molar-refractivity contribution in [2.24, 2.45) is 0 Å². The summed E-state index contributed by atoms with van der Waals surface area (Å²) in [6.45, 7) is 0. The Hall–Kier alpha value is -4.70. The summed E-state index contributed by atoms with van der Waals surface area (Å²) < 4.78 is 5.37. The van der Waals surface area contributed by atoms with Crippen LogP contribution in [-0.4, -0.2) is 12.0 Å². The highest BCUT2D eigenvalue weighted by molar-refractivity contribution is 6.03. The summed E-state index contributed by atoms with van der Waals surface area (Å²) in [5.74, 6) is 0.753. The molecule has 5 aromatic carbocycles. The van der Waals surface area contributed by atoms with E-state index in [9.17, 15) is 10.1 Å². The van der Waals surface area contributed by atoms with E-state index in [1.54, 1.807) is 7.11 Å². The molecule has 0 amide bonds. The molecule has 0 N–H and O–H groups in total. The number of rotatable bonds is 6. The van der Waals surface area contributed by atoms with Gasteiger partial charge in [0.1, 0.15) is 5.75 Å². The number of nitro groups is 1. The van der Waals surface area contributed by atoms with Gasteiger partial charge in [-0.2, -0.15) is 0 Å². The van der Waals surface area contributed by atoms with E-state index in [0.29, 0.717) is 11.1 Å². The first kappa shape index (κ1) is 22.1. The van der Waals surface area contributed by atoms with Crippen LogP contribution in [0.3, 0.4) is 0 Å². The van der Waals surface area contributed by atoms with Crippen molar-refractivity contribution < 1.29 is 9.66 Å². The third-order valence-electron chi connectivity index (χ3n) is 6.09. The molecular formula is C31H23NO3. The van der Waals surface area contributed by atoms with Crippen LogP contribution in [0, 0.1) is 10.1 Å². The summed E-state index contributed by atoms with van der Waals surface area (Å²) in [5, 5.41) is 12.7. The second-order valence-corrected chi connectivity index (χ2v) is 8.15. The summed E-state index contributed by atoms with van der Waals surface area (Å²) in [6, 6.07) is 38.8. The molecule has 5 aromatic rings. The zero-order valence-corrected chi connectivity index (χ0v) is 19.2. The Bertz CT molecular complexity index is 1460. The Kier molecular flexibility index (Phi) is 6.10. The molecular weight excluding hydrogens is 434 g/mol. The molecule has 0 aromatic heterocycles. The topological polar surface area (TPSA) is 52.4 Å². The van der Waals surface area contributed by atoms with E-state index in [-0.39, 0.29) is 10.6 Å². The molecule has 0 aliphatic carbocycles. The maximum Gasteiger partial charge on any atom is 0.285 e. The number of nitrogens with zero attached hydrogens (tertiary/aromatic N) is 1. The highest BCUT2D eigenvalue weighted by Crippen LogP contribution is 2.49. The first-order chi connectivity index (χ1) is 17.2. The Morgan fingerprint density at radius 2 is 1.03 bits per heavy atom. The van der Waals surface area contributed by atoms with Crippen LogP contribution in [0.1, 0.15) is 0 Å². The van der Waals surface area contributed by atoms with Gasteiger partial charge >= 0.3 is 0 Å². The normalized spacial score (nSPS) is 10.7. The third-order valence-corrected chi connectivity index (χ3v) is 6.09. The van der Waals surface area contributed by atoms with E-state index >= 15 is 0 Å². The molecule has 5 rings (SSSR count). The van der Waals surface area contributed by atoms with Crippen molar-refractivity contribution in [2.45, 2.75) is 0 Å². The molecule has 0 atom stereocenters. The predicted molar refractivity (Wildman–Crippen MR) is 141 cm³/mol. The summed E-state index contributed by atoms with van der Waals surface area (Å²) in [7, 11) is 1.64. The second-order valence-electron chi connectivity index (χ2n) is 8.15. The number of methoxy groups -OCH3 is 1. The summed E-state index contributed by atoms with van der Waals surface area (Å²) in [5.41, 5.74) is 6.49. The van der Waals surface area contributed by atoms with Crippen LogP contribution in [0.25, 0.3) is 44.5 Å². The minimum Gasteiger partial charge on any atom is -0.497 e. The number of ether oxygens (including phenoxy) is 1. The van der Waals surface area contributed by atoms with Crippen molar-refractivity contribution in [1.82, 2.24) is 0 Å². The lowest BCUT2D eigenvalue weighted by atomic mass is 9.83. The first-order valence-corrected chi connectivity index (χ1v) is 11.3. The summed E-state index contributed by atoms with van der Waals surface area (Å²) >= 11 is 0. The van der Waals surface area contributed by atoms with Gasteiger partial charge < -0.3 is 4.74 Å². The van der Waals surface area contributed by atoms with Crippen molar-refractivity contribution in [3.8, 4) is 50.3 Å². The number of hydrogen-bond acceptors (Lipinski definition) is 3. The molecule has 170 valence electrons. The van der Waals surface area contributed by atoms with Crippen molar-refractivity contribution >= 4 is 5.69 Å².